The molecule has 0 radical (unpaired) electrons. The summed E-state index contributed by atoms with van der Waals surface area (Å²) in [6.07, 6.45) is 8.94. The van der Waals surface area contributed by atoms with Gasteiger partial charge in [-0.05, 0) is 31.0 Å². The highest BCUT2D eigenvalue weighted by atomic mass is 16.5. The summed E-state index contributed by atoms with van der Waals surface area (Å²) in [7, 11) is 0. The molecule has 4 rings (SSSR count). The average molecular weight is 327 g/mol. The number of pyridine rings is 1. The first-order valence-corrected chi connectivity index (χ1v) is 8.39. The van der Waals surface area contributed by atoms with Crippen LogP contribution in [0, 0.1) is 0 Å². The molecule has 3 atom stereocenters. The van der Waals surface area contributed by atoms with E-state index in [1.807, 2.05) is 6.07 Å². The van der Waals surface area contributed by atoms with Crippen LogP contribution in [0.25, 0.3) is 0 Å². The van der Waals surface area contributed by atoms with Crippen LogP contribution in [-0.4, -0.2) is 47.1 Å². The number of nitrogens with zero attached hydrogens (tertiary/aromatic N) is 2. The molecule has 2 aromatic heterocycles. The van der Waals surface area contributed by atoms with E-state index in [1.54, 1.807) is 37.1 Å². The molecule has 0 aromatic carbocycles. The van der Waals surface area contributed by atoms with Crippen molar-refractivity contribution in [2.45, 2.75) is 37.6 Å². The van der Waals surface area contributed by atoms with Gasteiger partial charge in [-0.3, -0.25) is 14.7 Å². The van der Waals surface area contributed by atoms with Gasteiger partial charge in [-0.25, -0.2) is 0 Å². The summed E-state index contributed by atoms with van der Waals surface area (Å²) in [6, 6.07) is 5.87. The monoisotopic (exact) mass is 327 g/mol. The minimum absolute atomic E-state index is 0.00472. The number of furan rings is 1. The van der Waals surface area contributed by atoms with Crippen LogP contribution in [0.1, 0.15) is 28.8 Å². The van der Waals surface area contributed by atoms with Crippen molar-refractivity contribution in [1.82, 2.24) is 15.2 Å². The van der Waals surface area contributed by atoms with Crippen molar-refractivity contribution in [1.29, 1.82) is 0 Å². The largest absolute Gasteiger partial charge is 0.472 e. The van der Waals surface area contributed by atoms with Gasteiger partial charge in [0.15, 0.2) is 0 Å². The van der Waals surface area contributed by atoms with Crippen molar-refractivity contribution in [3.05, 3.63) is 54.2 Å². The van der Waals surface area contributed by atoms with Crippen LogP contribution in [0.3, 0.4) is 0 Å². The van der Waals surface area contributed by atoms with Gasteiger partial charge in [0.05, 0.1) is 30.2 Å². The minimum atomic E-state index is -0.0915. The van der Waals surface area contributed by atoms with Gasteiger partial charge >= 0.3 is 0 Å². The van der Waals surface area contributed by atoms with Gasteiger partial charge in [0.1, 0.15) is 0 Å². The zero-order valence-corrected chi connectivity index (χ0v) is 13.4. The molecule has 0 bridgehead atoms. The lowest BCUT2D eigenvalue weighted by molar-refractivity contribution is -0.0211. The number of amides is 1. The highest BCUT2D eigenvalue weighted by Crippen LogP contribution is 2.30. The van der Waals surface area contributed by atoms with Crippen LogP contribution in [0.2, 0.25) is 0 Å². The number of ether oxygens (including phenoxy) is 1. The lowest BCUT2D eigenvalue weighted by Crippen LogP contribution is -2.47. The lowest BCUT2D eigenvalue weighted by Gasteiger charge is -2.32. The van der Waals surface area contributed by atoms with Gasteiger partial charge in [0.25, 0.3) is 5.91 Å². The maximum Gasteiger partial charge on any atom is 0.253 e. The number of hydrogen-bond donors (Lipinski definition) is 1. The molecule has 2 aliphatic heterocycles. The Morgan fingerprint density at radius 3 is 3.17 bits per heavy atom. The molecule has 4 heterocycles. The van der Waals surface area contributed by atoms with Gasteiger partial charge in [0, 0.05) is 43.7 Å². The molecule has 0 aliphatic carbocycles. The Balaban J connectivity index is 1.47. The summed E-state index contributed by atoms with van der Waals surface area (Å²) < 4.78 is 11.2. The fourth-order valence-electron chi connectivity index (χ4n) is 3.73. The molecular weight excluding hydrogens is 306 g/mol. The molecular formula is C18H21N3O3. The average Bonchev–Trinajstić information content (AvgIpc) is 3.25. The SMILES string of the molecule is O=C(N[C@@H]1CN(Cc2ccoc2)[C@@H]2CCCO[C@@H]21)c1cccnc1. The molecule has 6 heteroatoms. The number of aromatic nitrogens is 1. The second-order valence-electron chi connectivity index (χ2n) is 6.43. The Morgan fingerprint density at radius 2 is 2.38 bits per heavy atom. The summed E-state index contributed by atoms with van der Waals surface area (Å²) in [5.74, 6) is -0.0915. The van der Waals surface area contributed by atoms with Crippen LogP contribution >= 0.6 is 0 Å². The number of carbonyl (C=O) groups is 1. The molecule has 1 N–H and O–H groups in total. The summed E-state index contributed by atoms with van der Waals surface area (Å²) >= 11 is 0. The third-order valence-electron chi connectivity index (χ3n) is 4.84. The maximum atomic E-state index is 12.5. The first kappa shape index (κ1) is 15.4. The van der Waals surface area contributed by atoms with E-state index in [0.717, 1.165) is 38.1 Å². The van der Waals surface area contributed by atoms with Crippen molar-refractivity contribution in [3.63, 3.8) is 0 Å². The number of carbonyl (C=O) groups excluding carboxylic acids is 1. The van der Waals surface area contributed by atoms with E-state index in [0.29, 0.717) is 11.6 Å². The Labute approximate surface area is 140 Å². The molecule has 0 saturated carbocycles. The maximum absolute atomic E-state index is 12.5. The molecule has 0 spiro atoms. The number of nitrogens with one attached hydrogen (secondary N) is 1. The quantitative estimate of drug-likeness (QED) is 0.928. The normalized spacial score (nSPS) is 26.9. The Kier molecular flexibility index (Phi) is 4.32. The molecule has 2 aliphatic rings. The minimum Gasteiger partial charge on any atom is -0.472 e. The van der Waals surface area contributed by atoms with Crippen molar-refractivity contribution in [2.24, 2.45) is 0 Å². The summed E-state index contributed by atoms with van der Waals surface area (Å²) in [5.41, 5.74) is 1.73. The van der Waals surface area contributed by atoms with Crippen molar-refractivity contribution in [3.8, 4) is 0 Å². The first-order valence-electron chi connectivity index (χ1n) is 8.39. The van der Waals surface area contributed by atoms with Crippen LogP contribution < -0.4 is 5.32 Å². The second kappa shape index (κ2) is 6.75. The third kappa shape index (κ3) is 3.07. The van der Waals surface area contributed by atoms with Gasteiger partial charge in [-0.2, -0.15) is 0 Å². The predicted molar refractivity (Wildman–Crippen MR) is 87.4 cm³/mol. The van der Waals surface area contributed by atoms with Crippen molar-refractivity contribution in [2.75, 3.05) is 13.2 Å². The molecule has 2 saturated heterocycles. The van der Waals surface area contributed by atoms with Gasteiger partial charge < -0.3 is 14.5 Å². The van der Waals surface area contributed by atoms with E-state index in [1.165, 1.54) is 0 Å². The van der Waals surface area contributed by atoms with Crippen molar-refractivity contribution >= 4 is 5.91 Å². The molecule has 126 valence electrons. The van der Waals surface area contributed by atoms with Crippen LogP contribution in [0.4, 0.5) is 0 Å². The Hall–Kier alpha value is -2.18. The topological polar surface area (TPSA) is 67.6 Å². The van der Waals surface area contributed by atoms with E-state index < -0.39 is 0 Å². The van der Waals surface area contributed by atoms with Gasteiger partial charge in [-0.1, -0.05) is 0 Å². The highest BCUT2D eigenvalue weighted by molar-refractivity contribution is 5.94. The number of fused-ring (bicyclic) bond motifs is 1. The van der Waals surface area contributed by atoms with Gasteiger partial charge in [0.2, 0.25) is 0 Å². The summed E-state index contributed by atoms with van der Waals surface area (Å²) in [5, 5.41) is 3.13. The molecule has 0 unspecified atom stereocenters. The molecule has 6 nitrogen and oxygen atoms in total. The molecule has 24 heavy (non-hydrogen) atoms. The molecule has 2 aromatic rings. The summed E-state index contributed by atoms with van der Waals surface area (Å²) in [4.78, 5) is 18.9. The Morgan fingerprint density at radius 1 is 1.42 bits per heavy atom. The number of likely N-dealkylation sites (tertiary alicyclic amines) is 1. The van der Waals surface area contributed by atoms with Crippen LogP contribution in [0.15, 0.2) is 47.5 Å². The van der Waals surface area contributed by atoms with E-state index in [-0.39, 0.29) is 18.1 Å². The summed E-state index contributed by atoms with van der Waals surface area (Å²) in [6.45, 7) is 2.37. The third-order valence-corrected chi connectivity index (χ3v) is 4.84. The van der Waals surface area contributed by atoms with E-state index in [4.69, 9.17) is 9.15 Å². The number of rotatable bonds is 4. The first-order chi connectivity index (χ1) is 11.8. The predicted octanol–water partition coefficient (Wildman–Crippen LogP) is 1.84. The van der Waals surface area contributed by atoms with Gasteiger partial charge in [-0.15, -0.1) is 0 Å². The van der Waals surface area contributed by atoms with Crippen LogP contribution in [-0.2, 0) is 11.3 Å². The number of hydrogen-bond acceptors (Lipinski definition) is 5. The highest BCUT2D eigenvalue weighted by Gasteiger charge is 2.44. The fourth-order valence-corrected chi connectivity index (χ4v) is 3.73. The second-order valence-corrected chi connectivity index (χ2v) is 6.43. The molecule has 1 amide bonds. The van der Waals surface area contributed by atoms with Crippen LogP contribution in [0.5, 0.6) is 0 Å². The molecule has 2 fully saturated rings. The van der Waals surface area contributed by atoms with E-state index in [2.05, 4.69) is 15.2 Å². The van der Waals surface area contributed by atoms with Crippen molar-refractivity contribution < 1.29 is 13.9 Å². The fraction of sp³-hybridized carbons (Fsp3) is 0.444. The smallest absolute Gasteiger partial charge is 0.253 e. The zero-order chi connectivity index (χ0) is 16.4. The lowest BCUT2D eigenvalue weighted by atomic mass is 10.0. The zero-order valence-electron chi connectivity index (χ0n) is 13.4. The van der Waals surface area contributed by atoms with E-state index >= 15 is 0 Å². The van der Waals surface area contributed by atoms with E-state index in [9.17, 15) is 4.79 Å². The standard InChI is InChI=1S/C18H21N3O3/c22-18(14-3-1-6-19-9-14)20-15-11-21(10-13-5-8-23-12-13)16-4-2-7-24-17(15)16/h1,3,5-6,8-9,12,15-17H,2,4,7,10-11H2,(H,20,22)/t15-,16-,17-/m1/s1. The Bertz CT molecular complexity index is 674.